The van der Waals surface area contributed by atoms with Crippen molar-refractivity contribution in [2.24, 2.45) is 0 Å². The first-order chi connectivity index (χ1) is 4.75. The van der Waals surface area contributed by atoms with Crippen LogP contribution in [-0.2, 0) is 6.54 Å². The number of hydrogen-bond acceptors (Lipinski definition) is 3. The third kappa shape index (κ3) is 1.44. The predicted octanol–water partition coefficient (Wildman–Crippen LogP) is 1.15. The molecule has 0 atom stereocenters. The van der Waals surface area contributed by atoms with Crippen molar-refractivity contribution in [3.63, 3.8) is 0 Å². The molecular formula is C6H9NOS2. The number of aromatic nitrogens is 1. The van der Waals surface area contributed by atoms with Gasteiger partial charge in [-0.15, -0.1) is 0 Å². The van der Waals surface area contributed by atoms with E-state index in [0.717, 1.165) is 18.0 Å². The van der Waals surface area contributed by atoms with Gasteiger partial charge in [-0.2, -0.15) is 12.6 Å². The molecule has 0 aromatic carbocycles. The molecule has 0 aliphatic heterocycles. The summed E-state index contributed by atoms with van der Waals surface area (Å²) in [7, 11) is 0. The Morgan fingerprint density at radius 2 is 2.50 bits per heavy atom. The van der Waals surface area contributed by atoms with Gasteiger partial charge in [-0.3, -0.25) is 4.79 Å². The minimum atomic E-state index is 0.117. The van der Waals surface area contributed by atoms with Gasteiger partial charge in [0.15, 0.2) is 0 Å². The number of rotatable bonds is 2. The molecular weight excluding hydrogens is 166 g/mol. The Bertz CT molecular complexity index is 263. The average Bonchev–Trinajstić information content (AvgIpc) is 2.20. The van der Waals surface area contributed by atoms with Gasteiger partial charge in [0.25, 0.3) is 0 Å². The molecule has 0 amide bonds. The van der Waals surface area contributed by atoms with Crippen LogP contribution in [0.1, 0.15) is 5.69 Å². The number of thiol groups is 1. The van der Waals surface area contributed by atoms with Crippen molar-refractivity contribution < 1.29 is 0 Å². The maximum absolute atomic E-state index is 11.0. The Morgan fingerprint density at radius 3 is 2.90 bits per heavy atom. The summed E-state index contributed by atoms with van der Waals surface area (Å²) in [6, 6.07) is 0. The van der Waals surface area contributed by atoms with Crippen LogP contribution in [0.3, 0.4) is 0 Å². The van der Waals surface area contributed by atoms with Crippen molar-refractivity contribution in [2.45, 2.75) is 13.5 Å². The van der Waals surface area contributed by atoms with E-state index >= 15 is 0 Å². The van der Waals surface area contributed by atoms with Crippen molar-refractivity contribution in [3.05, 3.63) is 20.7 Å². The molecule has 0 fully saturated rings. The van der Waals surface area contributed by atoms with E-state index in [1.807, 2.05) is 12.3 Å². The number of aryl methyl sites for hydroxylation is 1. The fraction of sp³-hybridized carbons (Fsp3) is 0.500. The zero-order valence-corrected chi connectivity index (χ0v) is 7.41. The van der Waals surface area contributed by atoms with Gasteiger partial charge in [0, 0.05) is 23.4 Å². The third-order valence-corrected chi connectivity index (χ3v) is 2.38. The second-order valence-electron chi connectivity index (χ2n) is 2.02. The maximum Gasteiger partial charge on any atom is 0.307 e. The highest BCUT2D eigenvalue weighted by Crippen LogP contribution is 1.98. The second kappa shape index (κ2) is 3.25. The lowest BCUT2D eigenvalue weighted by Gasteiger charge is -1.98. The van der Waals surface area contributed by atoms with Gasteiger partial charge in [-0.1, -0.05) is 11.3 Å². The normalized spacial score (nSPS) is 10.2. The Kier molecular flexibility index (Phi) is 2.56. The minimum absolute atomic E-state index is 0.117. The fourth-order valence-electron chi connectivity index (χ4n) is 0.775. The maximum atomic E-state index is 11.0. The molecule has 0 aliphatic carbocycles. The minimum Gasteiger partial charge on any atom is -0.303 e. The standard InChI is InChI=1S/C6H9NOS2/c1-5-4-10-6(8)7(5)2-3-9/h4,9H,2-3H2,1H3. The molecule has 1 rings (SSSR count). The van der Waals surface area contributed by atoms with Gasteiger partial charge in [0.05, 0.1) is 0 Å². The summed E-state index contributed by atoms with van der Waals surface area (Å²) >= 11 is 5.29. The fourth-order valence-corrected chi connectivity index (χ4v) is 1.74. The highest BCUT2D eigenvalue weighted by Gasteiger charge is 1.98. The second-order valence-corrected chi connectivity index (χ2v) is 3.29. The van der Waals surface area contributed by atoms with E-state index in [2.05, 4.69) is 12.6 Å². The predicted molar refractivity (Wildman–Crippen MR) is 47.2 cm³/mol. The largest absolute Gasteiger partial charge is 0.307 e. The highest BCUT2D eigenvalue weighted by atomic mass is 32.1. The lowest BCUT2D eigenvalue weighted by atomic mass is 10.5. The van der Waals surface area contributed by atoms with Crippen molar-refractivity contribution in [1.82, 2.24) is 4.57 Å². The molecule has 1 aromatic heterocycles. The van der Waals surface area contributed by atoms with Crippen molar-refractivity contribution in [2.75, 3.05) is 5.75 Å². The van der Waals surface area contributed by atoms with Crippen LogP contribution in [0.5, 0.6) is 0 Å². The van der Waals surface area contributed by atoms with E-state index in [9.17, 15) is 4.79 Å². The first kappa shape index (κ1) is 7.88. The van der Waals surface area contributed by atoms with E-state index in [-0.39, 0.29) is 4.87 Å². The van der Waals surface area contributed by atoms with Crippen molar-refractivity contribution >= 4 is 24.0 Å². The SMILES string of the molecule is Cc1csc(=O)n1CCS. The number of nitrogens with zero attached hydrogens (tertiary/aromatic N) is 1. The van der Waals surface area contributed by atoms with Crippen LogP contribution < -0.4 is 4.87 Å². The van der Waals surface area contributed by atoms with Crippen LogP contribution in [0.15, 0.2) is 10.2 Å². The van der Waals surface area contributed by atoms with Crippen LogP contribution in [0.2, 0.25) is 0 Å². The molecule has 10 heavy (non-hydrogen) atoms. The summed E-state index contributed by atoms with van der Waals surface area (Å²) in [6.07, 6.45) is 0. The Morgan fingerprint density at radius 1 is 1.80 bits per heavy atom. The first-order valence-corrected chi connectivity index (χ1v) is 4.52. The van der Waals surface area contributed by atoms with Crippen LogP contribution in [-0.4, -0.2) is 10.3 Å². The van der Waals surface area contributed by atoms with Gasteiger partial charge in [-0.25, -0.2) is 0 Å². The summed E-state index contributed by atoms with van der Waals surface area (Å²) in [4.78, 5) is 11.1. The molecule has 56 valence electrons. The topological polar surface area (TPSA) is 22.0 Å². The number of hydrogen-bond donors (Lipinski definition) is 1. The molecule has 0 radical (unpaired) electrons. The average molecular weight is 175 g/mol. The molecule has 1 heterocycles. The van der Waals surface area contributed by atoms with E-state index < -0.39 is 0 Å². The lowest BCUT2D eigenvalue weighted by molar-refractivity contribution is 0.732. The van der Waals surface area contributed by atoms with Crippen LogP contribution in [0, 0.1) is 6.92 Å². The zero-order chi connectivity index (χ0) is 7.56. The quantitative estimate of drug-likeness (QED) is 0.669. The summed E-state index contributed by atoms with van der Waals surface area (Å²) < 4.78 is 1.73. The third-order valence-electron chi connectivity index (χ3n) is 1.30. The zero-order valence-electron chi connectivity index (χ0n) is 5.70. The Hall–Kier alpha value is -0.220. The van der Waals surface area contributed by atoms with E-state index in [0.29, 0.717) is 0 Å². The van der Waals surface area contributed by atoms with E-state index in [1.54, 1.807) is 4.57 Å². The molecule has 0 saturated heterocycles. The molecule has 0 aliphatic rings. The first-order valence-electron chi connectivity index (χ1n) is 3.01. The monoisotopic (exact) mass is 175 g/mol. The highest BCUT2D eigenvalue weighted by molar-refractivity contribution is 7.80. The molecule has 0 saturated carbocycles. The van der Waals surface area contributed by atoms with Gasteiger partial charge in [-0.05, 0) is 6.92 Å². The Balaban J connectivity index is 2.99. The smallest absolute Gasteiger partial charge is 0.303 e. The molecule has 0 spiro atoms. The summed E-state index contributed by atoms with van der Waals surface area (Å²) in [5, 5.41) is 1.87. The molecule has 0 N–H and O–H groups in total. The van der Waals surface area contributed by atoms with Crippen LogP contribution in [0.4, 0.5) is 0 Å². The van der Waals surface area contributed by atoms with Gasteiger partial charge in [0.1, 0.15) is 0 Å². The van der Waals surface area contributed by atoms with Gasteiger partial charge >= 0.3 is 4.87 Å². The molecule has 4 heteroatoms. The summed E-state index contributed by atoms with van der Waals surface area (Å²) in [5.41, 5.74) is 1.03. The summed E-state index contributed by atoms with van der Waals surface area (Å²) in [6.45, 7) is 2.65. The molecule has 0 unspecified atom stereocenters. The van der Waals surface area contributed by atoms with Gasteiger partial charge < -0.3 is 4.57 Å². The van der Waals surface area contributed by atoms with Gasteiger partial charge in [0.2, 0.25) is 0 Å². The molecule has 2 nitrogen and oxygen atoms in total. The van der Waals surface area contributed by atoms with Crippen LogP contribution >= 0.6 is 24.0 Å². The molecule has 1 aromatic rings. The van der Waals surface area contributed by atoms with Crippen molar-refractivity contribution in [1.29, 1.82) is 0 Å². The summed E-state index contributed by atoms with van der Waals surface area (Å²) in [5.74, 6) is 0.720. The van der Waals surface area contributed by atoms with Crippen molar-refractivity contribution in [3.8, 4) is 0 Å². The number of thiazole rings is 1. The molecule has 0 bridgehead atoms. The van der Waals surface area contributed by atoms with E-state index in [4.69, 9.17) is 0 Å². The van der Waals surface area contributed by atoms with Crippen LogP contribution in [0.25, 0.3) is 0 Å². The van der Waals surface area contributed by atoms with E-state index in [1.165, 1.54) is 11.3 Å². The lowest BCUT2D eigenvalue weighted by Crippen LogP contribution is -2.15. The Labute approximate surface area is 68.9 Å².